The number of nitrogens with zero attached hydrogens (tertiary/aromatic N) is 1. The van der Waals surface area contributed by atoms with Gasteiger partial charge in [0.2, 0.25) is 0 Å². The summed E-state index contributed by atoms with van der Waals surface area (Å²) in [6.07, 6.45) is 3.82. The highest BCUT2D eigenvalue weighted by Gasteiger charge is 1.99. The van der Waals surface area contributed by atoms with Crippen molar-refractivity contribution in [1.29, 1.82) is 0 Å². The number of benzene rings is 1. The highest BCUT2D eigenvalue weighted by Crippen LogP contribution is 2.01. The molecule has 0 saturated carbocycles. The van der Waals surface area contributed by atoms with Gasteiger partial charge in [0, 0.05) is 13.6 Å². The Morgan fingerprint density at radius 2 is 1.90 bits per heavy atom. The van der Waals surface area contributed by atoms with E-state index < -0.39 is 0 Å². The number of aryl methyl sites for hydroxylation is 1. The summed E-state index contributed by atoms with van der Waals surface area (Å²) in [7, 11) is 1.77. The smallest absolute Gasteiger partial charge is 0.191 e. The predicted molar refractivity (Wildman–Crippen MR) is 97.1 cm³/mol. The Kier molecular flexibility index (Phi) is 8.57. The number of hydrogen-bond acceptors (Lipinski definition) is 2. The molecule has 0 aliphatic heterocycles. The van der Waals surface area contributed by atoms with Gasteiger partial charge in [0.25, 0.3) is 0 Å². The van der Waals surface area contributed by atoms with Crippen LogP contribution in [0.2, 0.25) is 0 Å². The van der Waals surface area contributed by atoms with Crippen LogP contribution in [0, 0.1) is 0 Å². The molecule has 4 nitrogen and oxygen atoms in total. The predicted octanol–water partition coefficient (Wildman–Crippen LogP) is 3.20. The van der Waals surface area contributed by atoms with Crippen molar-refractivity contribution in [2.24, 2.45) is 4.99 Å². The quantitative estimate of drug-likeness (QED) is 0.340. The molecule has 1 heterocycles. The second kappa shape index (κ2) is 10.3. The topological polar surface area (TPSA) is 49.6 Å². The second-order valence-corrected chi connectivity index (χ2v) is 4.52. The number of nitrogens with one attached hydrogen (secondary N) is 2. The van der Waals surface area contributed by atoms with E-state index in [0.717, 1.165) is 31.1 Å². The standard InChI is InChI=1S/C16H21N3O.HI/c1-17-16(19-13-15-10-6-12-20-15)18-11-5-9-14-7-3-2-4-8-14;/h2-4,6-8,10,12H,5,9,11,13H2,1H3,(H2,17,18,19);1H. The Balaban J connectivity index is 0.00000220. The van der Waals surface area contributed by atoms with E-state index in [0.29, 0.717) is 6.54 Å². The maximum atomic E-state index is 5.27. The first-order valence-corrected chi connectivity index (χ1v) is 6.89. The summed E-state index contributed by atoms with van der Waals surface area (Å²) in [6, 6.07) is 14.3. The van der Waals surface area contributed by atoms with Gasteiger partial charge in [0.1, 0.15) is 5.76 Å². The van der Waals surface area contributed by atoms with Crippen molar-refractivity contribution in [3.63, 3.8) is 0 Å². The van der Waals surface area contributed by atoms with Crippen LogP contribution >= 0.6 is 24.0 Å². The molecule has 0 aliphatic carbocycles. The van der Waals surface area contributed by atoms with Crippen LogP contribution in [0.5, 0.6) is 0 Å². The molecule has 0 amide bonds. The van der Waals surface area contributed by atoms with Gasteiger partial charge < -0.3 is 15.1 Å². The summed E-state index contributed by atoms with van der Waals surface area (Å²) in [5, 5.41) is 6.51. The zero-order valence-corrected chi connectivity index (χ0v) is 14.5. The van der Waals surface area contributed by atoms with E-state index in [1.807, 2.05) is 18.2 Å². The Bertz CT molecular complexity index is 512. The van der Waals surface area contributed by atoms with Crippen molar-refractivity contribution in [1.82, 2.24) is 10.6 Å². The SMILES string of the molecule is CN=C(NCCCc1ccccc1)NCc1ccco1.I. The maximum Gasteiger partial charge on any atom is 0.191 e. The van der Waals surface area contributed by atoms with Crippen LogP contribution in [0.15, 0.2) is 58.1 Å². The zero-order valence-electron chi connectivity index (χ0n) is 12.2. The molecular formula is C16H22IN3O. The van der Waals surface area contributed by atoms with Crippen molar-refractivity contribution in [2.45, 2.75) is 19.4 Å². The Morgan fingerprint density at radius 1 is 1.10 bits per heavy atom. The number of guanidine groups is 1. The molecule has 0 bridgehead atoms. The molecular weight excluding hydrogens is 377 g/mol. The van der Waals surface area contributed by atoms with Crippen molar-refractivity contribution >= 4 is 29.9 Å². The molecule has 5 heteroatoms. The lowest BCUT2D eigenvalue weighted by Crippen LogP contribution is -2.37. The van der Waals surface area contributed by atoms with Crippen molar-refractivity contribution < 1.29 is 4.42 Å². The van der Waals surface area contributed by atoms with Gasteiger partial charge in [-0.15, -0.1) is 24.0 Å². The molecule has 0 atom stereocenters. The van der Waals surface area contributed by atoms with E-state index in [4.69, 9.17) is 4.42 Å². The summed E-state index contributed by atoms with van der Waals surface area (Å²) >= 11 is 0. The van der Waals surface area contributed by atoms with Crippen LogP contribution in [-0.4, -0.2) is 19.6 Å². The van der Waals surface area contributed by atoms with Gasteiger partial charge in [0.05, 0.1) is 12.8 Å². The van der Waals surface area contributed by atoms with Crippen LogP contribution in [0.4, 0.5) is 0 Å². The van der Waals surface area contributed by atoms with Gasteiger partial charge in [-0.05, 0) is 30.5 Å². The molecule has 1 aromatic carbocycles. The Morgan fingerprint density at radius 3 is 2.57 bits per heavy atom. The molecule has 2 rings (SSSR count). The molecule has 2 aromatic rings. The molecule has 2 N–H and O–H groups in total. The molecule has 0 unspecified atom stereocenters. The largest absolute Gasteiger partial charge is 0.467 e. The lowest BCUT2D eigenvalue weighted by atomic mass is 10.1. The number of rotatable bonds is 6. The average Bonchev–Trinajstić information content (AvgIpc) is 3.01. The summed E-state index contributed by atoms with van der Waals surface area (Å²) in [4.78, 5) is 4.18. The minimum Gasteiger partial charge on any atom is -0.467 e. The molecule has 114 valence electrons. The van der Waals surface area contributed by atoms with E-state index in [1.54, 1.807) is 13.3 Å². The van der Waals surface area contributed by atoms with Crippen molar-refractivity contribution in [2.75, 3.05) is 13.6 Å². The molecule has 0 saturated heterocycles. The summed E-state index contributed by atoms with van der Waals surface area (Å²) in [6.45, 7) is 1.54. The van der Waals surface area contributed by atoms with Crippen LogP contribution in [-0.2, 0) is 13.0 Å². The van der Waals surface area contributed by atoms with E-state index >= 15 is 0 Å². The van der Waals surface area contributed by atoms with Crippen molar-refractivity contribution in [3.05, 3.63) is 60.1 Å². The lowest BCUT2D eigenvalue weighted by molar-refractivity contribution is 0.501. The third-order valence-corrected chi connectivity index (χ3v) is 3.01. The normalized spacial score (nSPS) is 10.8. The first-order valence-electron chi connectivity index (χ1n) is 6.89. The van der Waals surface area contributed by atoms with Crippen LogP contribution < -0.4 is 10.6 Å². The van der Waals surface area contributed by atoms with E-state index in [-0.39, 0.29) is 24.0 Å². The van der Waals surface area contributed by atoms with E-state index in [1.165, 1.54) is 5.56 Å². The van der Waals surface area contributed by atoms with Crippen molar-refractivity contribution in [3.8, 4) is 0 Å². The highest BCUT2D eigenvalue weighted by molar-refractivity contribution is 14.0. The maximum absolute atomic E-state index is 5.27. The van der Waals surface area contributed by atoms with E-state index in [2.05, 4.69) is 39.9 Å². The summed E-state index contributed by atoms with van der Waals surface area (Å²) in [5.74, 6) is 1.70. The van der Waals surface area contributed by atoms with Crippen LogP contribution in [0.3, 0.4) is 0 Å². The number of aliphatic imine (C=N–C) groups is 1. The van der Waals surface area contributed by atoms with Gasteiger partial charge in [-0.1, -0.05) is 30.3 Å². The fourth-order valence-corrected chi connectivity index (χ4v) is 1.95. The van der Waals surface area contributed by atoms with E-state index in [9.17, 15) is 0 Å². The fraction of sp³-hybridized carbons (Fsp3) is 0.312. The Hall–Kier alpha value is -1.50. The summed E-state index contributed by atoms with van der Waals surface area (Å²) in [5.41, 5.74) is 1.37. The number of hydrogen-bond donors (Lipinski definition) is 2. The third-order valence-electron chi connectivity index (χ3n) is 3.01. The monoisotopic (exact) mass is 399 g/mol. The zero-order chi connectivity index (χ0) is 14.0. The fourth-order valence-electron chi connectivity index (χ4n) is 1.95. The molecule has 0 aliphatic rings. The van der Waals surface area contributed by atoms with Crippen LogP contribution in [0.1, 0.15) is 17.7 Å². The Labute approximate surface area is 143 Å². The first kappa shape index (κ1) is 17.6. The van der Waals surface area contributed by atoms with Gasteiger partial charge in [-0.25, -0.2) is 0 Å². The average molecular weight is 399 g/mol. The third kappa shape index (κ3) is 6.66. The number of halogens is 1. The minimum absolute atomic E-state index is 0. The molecule has 21 heavy (non-hydrogen) atoms. The summed E-state index contributed by atoms with van der Waals surface area (Å²) < 4.78 is 5.27. The molecule has 0 radical (unpaired) electrons. The van der Waals surface area contributed by atoms with Gasteiger partial charge in [-0.3, -0.25) is 4.99 Å². The van der Waals surface area contributed by atoms with Gasteiger partial charge in [0.15, 0.2) is 5.96 Å². The number of furan rings is 1. The second-order valence-electron chi connectivity index (χ2n) is 4.52. The molecule has 0 fully saturated rings. The lowest BCUT2D eigenvalue weighted by Gasteiger charge is -2.10. The molecule has 0 spiro atoms. The minimum atomic E-state index is 0. The van der Waals surface area contributed by atoms with Crippen LogP contribution in [0.25, 0.3) is 0 Å². The van der Waals surface area contributed by atoms with Gasteiger partial charge in [-0.2, -0.15) is 0 Å². The molecule has 1 aromatic heterocycles. The van der Waals surface area contributed by atoms with Gasteiger partial charge >= 0.3 is 0 Å². The first-order chi connectivity index (χ1) is 9.88. The highest BCUT2D eigenvalue weighted by atomic mass is 127.